The molecule has 4 saturated heterocycles. The number of aryl methyl sites for hydroxylation is 1. The zero-order valence-electron chi connectivity index (χ0n) is 50.6. The summed E-state index contributed by atoms with van der Waals surface area (Å²) in [7, 11) is 2.04. The summed E-state index contributed by atoms with van der Waals surface area (Å²) in [6, 6.07) is 20.1. The zero-order valence-corrected chi connectivity index (χ0v) is 51.4. The Hall–Kier alpha value is -6.46. The number of benzene rings is 3. The molecule has 468 valence electrons. The van der Waals surface area contributed by atoms with E-state index in [-0.39, 0.29) is 56.1 Å². The van der Waals surface area contributed by atoms with Gasteiger partial charge in [0.25, 0.3) is 0 Å². The standard InChI is InChI=1S/C64H88F3N11O7S/c1-43-58(86-42-71-43)46-20-18-44(19-21-46)38-70-61(84)54-36-49(79)41-78(54)62(85)59(63(2,3)4)73-56(81)17-12-10-8-6-7-9-11-16-55(80)68-24-25-75-28-30-76(31-29-75)40-45-14-13-15-47(34-45)48-22-23-53(77-32-26-74(5)27-33-77)52(35-48)72-60(83)50-39-69-57(82)37-51(50)64(65,66)67/h13-15,18-23,34-35,42,49-51,54,59,79H,6-12,16-17,24-33,36-41H2,1-5H3,(H,68,80)(H,69,82)(H,70,84)(H,72,83)(H,73,81)/t49-,50?,51?,54+,59-/m1/s1. The lowest BCUT2D eigenvalue weighted by Gasteiger charge is -2.36. The van der Waals surface area contributed by atoms with Crippen LogP contribution in [-0.2, 0) is 41.9 Å². The summed E-state index contributed by atoms with van der Waals surface area (Å²) in [5.41, 5.74) is 8.14. The number of aliphatic hydroxyl groups excluding tert-OH is 1. The molecule has 0 bridgehead atoms. The average molecular weight is 1210 g/mol. The minimum Gasteiger partial charge on any atom is -0.391 e. The quantitative estimate of drug-likeness (QED) is 0.0360. The minimum atomic E-state index is -4.70. The van der Waals surface area contributed by atoms with E-state index in [9.17, 15) is 47.0 Å². The third-order valence-corrected chi connectivity index (χ3v) is 18.1. The Labute approximate surface area is 508 Å². The van der Waals surface area contributed by atoms with Gasteiger partial charge < -0.3 is 46.4 Å². The van der Waals surface area contributed by atoms with Crippen LogP contribution in [-0.4, -0.2) is 175 Å². The number of halogens is 3. The zero-order chi connectivity index (χ0) is 61.5. The van der Waals surface area contributed by atoms with Gasteiger partial charge in [0.15, 0.2) is 0 Å². The molecule has 18 nitrogen and oxygen atoms in total. The Morgan fingerprint density at radius 2 is 1.42 bits per heavy atom. The lowest BCUT2D eigenvalue weighted by Crippen LogP contribution is -2.57. The number of nitrogens with zero attached hydrogens (tertiary/aromatic N) is 6. The van der Waals surface area contributed by atoms with Crippen molar-refractivity contribution >= 4 is 58.2 Å². The van der Waals surface area contributed by atoms with E-state index < -0.39 is 59.8 Å². The number of carbonyl (C=O) groups excluding carboxylic acids is 6. The molecule has 3 aromatic carbocycles. The first kappa shape index (κ1) is 65.5. The number of likely N-dealkylation sites (tertiary alicyclic amines) is 1. The number of thiazole rings is 1. The first-order valence-electron chi connectivity index (χ1n) is 30.7. The summed E-state index contributed by atoms with van der Waals surface area (Å²) >= 11 is 1.57. The molecule has 4 fully saturated rings. The van der Waals surface area contributed by atoms with Gasteiger partial charge in [-0.15, -0.1) is 11.3 Å². The van der Waals surface area contributed by atoms with Gasteiger partial charge in [-0.25, -0.2) is 4.98 Å². The van der Waals surface area contributed by atoms with Crippen molar-refractivity contribution in [2.45, 2.75) is 136 Å². The maximum Gasteiger partial charge on any atom is 0.393 e. The van der Waals surface area contributed by atoms with Gasteiger partial charge in [-0.2, -0.15) is 13.2 Å². The van der Waals surface area contributed by atoms with Crippen LogP contribution in [0.2, 0.25) is 0 Å². The smallest absolute Gasteiger partial charge is 0.391 e. The van der Waals surface area contributed by atoms with E-state index >= 15 is 0 Å². The van der Waals surface area contributed by atoms with Crippen LogP contribution in [0.25, 0.3) is 21.6 Å². The number of piperidine rings is 1. The number of aliphatic hydroxyl groups is 1. The highest BCUT2D eigenvalue weighted by Gasteiger charge is 2.50. The number of likely N-dealkylation sites (N-methyl/N-ethyl adjacent to an activating group) is 1. The molecule has 4 aromatic rings. The fourth-order valence-electron chi connectivity index (χ4n) is 12.0. The van der Waals surface area contributed by atoms with E-state index in [1.807, 2.05) is 94.9 Å². The summed E-state index contributed by atoms with van der Waals surface area (Å²) in [6.07, 6.45) is 0.791. The van der Waals surface area contributed by atoms with Gasteiger partial charge in [0, 0.05) is 117 Å². The molecule has 0 saturated carbocycles. The predicted octanol–water partition coefficient (Wildman–Crippen LogP) is 7.34. The maximum absolute atomic E-state index is 14.1. The summed E-state index contributed by atoms with van der Waals surface area (Å²) in [4.78, 5) is 95.0. The minimum absolute atomic E-state index is 0.0137. The number of rotatable bonds is 25. The molecule has 6 amide bonds. The highest BCUT2D eigenvalue weighted by molar-refractivity contribution is 7.13. The van der Waals surface area contributed by atoms with Gasteiger partial charge in [-0.1, -0.05) is 101 Å². The molecular formula is C64H88F3N11O7S. The number of aromatic nitrogens is 1. The second kappa shape index (κ2) is 30.4. The molecule has 1 aromatic heterocycles. The molecule has 86 heavy (non-hydrogen) atoms. The number of alkyl halides is 3. The highest BCUT2D eigenvalue weighted by Crippen LogP contribution is 2.39. The van der Waals surface area contributed by atoms with Crippen molar-refractivity contribution in [2.75, 3.05) is 95.8 Å². The molecule has 5 heterocycles. The predicted molar refractivity (Wildman–Crippen MR) is 329 cm³/mol. The fraction of sp³-hybridized carbons (Fsp3) is 0.578. The largest absolute Gasteiger partial charge is 0.393 e. The van der Waals surface area contributed by atoms with Crippen molar-refractivity contribution in [3.8, 4) is 21.6 Å². The maximum atomic E-state index is 14.1. The molecule has 4 aliphatic rings. The number of piperazine rings is 2. The normalized spacial score (nSPS) is 20.3. The number of β-amino-alcohol motifs (C(OH)–C–C–N with tert-alkyl or cyclic N) is 1. The molecule has 0 radical (unpaired) electrons. The molecule has 5 atom stereocenters. The third-order valence-electron chi connectivity index (χ3n) is 17.2. The van der Waals surface area contributed by atoms with Crippen molar-refractivity contribution in [3.63, 3.8) is 0 Å². The molecular weight excluding hydrogens is 1120 g/mol. The van der Waals surface area contributed by atoms with E-state index in [1.54, 1.807) is 11.3 Å². The Morgan fingerprint density at radius 3 is 2.08 bits per heavy atom. The number of amides is 6. The van der Waals surface area contributed by atoms with Gasteiger partial charge in [-0.05, 0) is 78.2 Å². The van der Waals surface area contributed by atoms with Crippen molar-refractivity contribution < 1.29 is 47.0 Å². The van der Waals surface area contributed by atoms with Crippen molar-refractivity contribution in [2.24, 2.45) is 17.3 Å². The Bertz CT molecular complexity index is 2940. The summed E-state index contributed by atoms with van der Waals surface area (Å²) in [5, 5.41) is 24.9. The monoisotopic (exact) mass is 1210 g/mol. The molecule has 0 spiro atoms. The van der Waals surface area contributed by atoms with Crippen LogP contribution in [0.3, 0.4) is 0 Å². The van der Waals surface area contributed by atoms with Crippen LogP contribution in [0, 0.1) is 24.2 Å². The molecule has 22 heteroatoms. The van der Waals surface area contributed by atoms with Crippen molar-refractivity contribution in [1.82, 2.24) is 45.9 Å². The van der Waals surface area contributed by atoms with Crippen LogP contribution in [0.5, 0.6) is 0 Å². The van der Waals surface area contributed by atoms with E-state index in [0.29, 0.717) is 38.2 Å². The molecule has 0 aliphatic carbocycles. The van der Waals surface area contributed by atoms with Gasteiger partial charge in [0.05, 0.1) is 45.4 Å². The third kappa shape index (κ3) is 18.5. The topological polar surface area (TPSA) is 212 Å². The average Bonchev–Trinajstić information content (AvgIpc) is 3.83. The van der Waals surface area contributed by atoms with E-state index in [2.05, 4.69) is 63.3 Å². The first-order valence-corrected chi connectivity index (χ1v) is 31.5. The van der Waals surface area contributed by atoms with Crippen LogP contribution in [0.15, 0.2) is 72.2 Å². The highest BCUT2D eigenvalue weighted by atomic mass is 32.1. The summed E-state index contributed by atoms with van der Waals surface area (Å²) < 4.78 is 42.2. The fourth-order valence-corrected chi connectivity index (χ4v) is 12.8. The van der Waals surface area contributed by atoms with Gasteiger partial charge in [0.1, 0.15) is 12.1 Å². The number of nitrogens with one attached hydrogen (secondary N) is 5. The lowest BCUT2D eigenvalue weighted by molar-refractivity contribution is -0.197. The van der Waals surface area contributed by atoms with E-state index in [1.165, 1.54) is 4.90 Å². The Morgan fingerprint density at radius 1 is 0.767 bits per heavy atom. The molecule has 8 rings (SSSR count). The number of carbonyl (C=O) groups is 6. The summed E-state index contributed by atoms with van der Waals surface area (Å²) in [5.74, 6) is -5.90. The molecule has 6 N–H and O–H groups in total. The van der Waals surface area contributed by atoms with E-state index in [4.69, 9.17) is 0 Å². The lowest BCUT2D eigenvalue weighted by atomic mass is 9.84. The SMILES string of the molecule is Cc1ncsc1-c1ccc(CNC(=O)[C@@H]2C[C@@H](O)CN2C(=O)[C@@H](NC(=O)CCCCCCCCCC(=O)NCCN2CCN(Cc3cccc(-c4ccc(N5CCN(C)CC5)c(NC(=O)C5CNC(=O)CC5C(F)(F)F)c4)c3)CC2)C(C)(C)C)cc1. The van der Waals surface area contributed by atoms with Crippen molar-refractivity contribution in [3.05, 3.63) is 89.1 Å². The Kier molecular flexibility index (Phi) is 23.2. The second-order valence-corrected chi connectivity index (χ2v) is 25.7. The number of unbranched alkanes of at least 4 members (excludes halogenated alkanes) is 6. The van der Waals surface area contributed by atoms with Gasteiger partial charge in [0.2, 0.25) is 35.4 Å². The summed E-state index contributed by atoms with van der Waals surface area (Å²) in [6.45, 7) is 16.1. The number of anilines is 2. The number of hydrogen-bond acceptors (Lipinski definition) is 13. The van der Waals surface area contributed by atoms with Crippen molar-refractivity contribution in [1.29, 1.82) is 0 Å². The first-order chi connectivity index (χ1) is 41.1. The molecule has 4 aliphatic heterocycles. The van der Waals surface area contributed by atoms with E-state index in [0.717, 1.165) is 135 Å². The van der Waals surface area contributed by atoms with Gasteiger partial charge in [-0.3, -0.25) is 38.6 Å². The van der Waals surface area contributed by atoms with Crippen LogP contribution in [0.1, 0.15) is 108 Å². The van der Waals surface area contributed by atoms with Crippen LogP contribution >= 0.6 is 11.3 Å². The second-order valence-electron chi connectivity index (χ2n) is 24.9. The van der Waals surface area contributed by atoms with Crippen LogP contribution < -0.4 is 31.5 Å². The van der Waals surface area contributed by atoms with Crippen LogP contribution in [0.4, 0.5) is 24.5 Å². The van der Waals surface area contributed by atoms with Gasteiger partial charge >= 0.3 is 6.18 Å². The Balaban J connectivity index is 0.686. The number of hydrogen-bond donors (Lipinski definition) is 6. The molecule has 2 unspecified atom stereocenters.